The van der Waals surface area contributed by atoms with Crippen molar-refractivity contribution in [2.24, 2.45) is 0 Å². The van der Waals surface area contributed by atoms with Gasteiger partial charge >= 0.3 is 5.97 Å². The van der Waals surface area contributed by atoms with Gasteiger partial charge in [0, 0.05) is 0 Å². The average molecular weight is 221 g/mol. The van der Waals surface area contributed by atoms with Crippen molar-refractivity contribution in [2.45, 2.75) is 12.8 Å². The number of halogens is 3. The van der Waals surface area contributed by atoms with E-state index < -0.39 is 41.8 Å². The summed E-state index contributed by atoms with van der Waals surface area (Å²) in [4.78, 5) is 13.2. The van der Waals surface area contributed by atoms with Gasteiger partial charge in [0.15, 0.2) is 0 Å². The Balaban J connectivity index is 3.13. The highest BCUT2D eigenvalue weighted by atomic mass is 19.3. The fraction of sp³-hybridized carbons (Fsp3) is 0.250. The van der Waals surface area contributed by atoms with E-state index in [-0.39, 0.29) is 0 Å². The van der Waals surface area contributed by atoms with E-state index in [0.29, 0.717) is 6.07 Å². The maximum Gasteiger partial charge on any atom is 0.309 e. The summed E-state index contributed by atoms with van der Waals surface area (Å²) in [5, 5.41) is 17.4. The van der Waals surface area contributed by atoms with E-state index in [4.69, 9.17) is 10.2 Å². The SMILES string of the molecule is O=C(O)Cc1nc(F)c(C(F)F)cc1O. The van der Waals surface area contributed by atoms with Gasteiger partial charge in [0.25, 0.3) is 6.43 Å². The smallest absolute Gasteiger partial charge is 0.309 e. The lowest BCUT2D eigenvalue weighted by Gasteiger charge is -2.05. The summed E-state index contributed by atoms with van der Waals surface area (Å²) >= 11 is 0. The number of carbonyl (C=O) groups is 1. The summed E-state index contributed by atoms with van der Waals surface area (Å²) in [7, 11) is 0. The lowest BCUT2D eigenvalue weighted by molar-refractivity contribution is -0.136. The highest BCUT2D eigenvalue weighted by Gasteiger charge is 2.19. The number of nitrogens with zero attached hydrogens (tertiary/aromatic N) is 1. The molecule has 0 atom stereocenters. The quantitative estimate of drug-likeness (QED) is 0.758. The summed E-state index contributed by atoms with van der Waals surface area (Å²) < 4.78 is 37.0. The summed E-state index contributed by atoms with van der Waals surface area (Å²) in [6, 6.07) is 0.477. The average Bonchev–Trinajstić information content (AvgIpc) is 2.09. The summed E-state index contributed by atoms with van der Waals surface area (Å²) in [6.07, 6.45) is -3.84. The molecule has 1 aromatic heterocycles. The number of rotatable bonds is 3. The Labute approximate surface area is 82.0 Å². The van der Waals surface area contributed by atoms with E-state index in [1.54, 1.807) is 0 Å². The predicted molar refractivity (Wildman–Crippen MR) is 42.2 cm³/mol. The first-order valence-electron chi connectivity index (χ1n) is 3.80. The molecule has 82 valence electrons. The maximum atomic E-state index is 12.8. The molecule has 7 heteroatoms. The normalized spacial score (nSPS) is 10.7. The Morgan fingerprint density at radius 2 is 2.13 bits per heavy atom. The van der Waals surface area contributed by atoms with Gasteiger partial charge in [-0.1, -0.05) is 0 Å². The molecule has 1 heterocycles. The van der Waals surface area contributed by atoms with E-state index in [1.807, 2.05) is 0 Å². The maximum absolute atomic E-state index is 12.8. The molecule has 0 aliphatic carbocycles. The van der Waals surface area contributed by atoms with Crippen molar-refractivity contribution >= 4 is 5.97 Å². The van der Waals surface area contributed by atoms with E-state index in [2.05, 4.69) is 4.98 Å². The molecule has 0 aliphatic rings. The first kappa shape index (κ1) is 11.3. The second kappa shape index (κ2) is 4.16. The highest BCUT2D eigenvalue weighted by molar-refractivity contribution is 5.70. The first-order valence-corrected chi connectivity index (χ1v) is 3.80. The molecule has 0 spiro atoms. The molecule has 1 rings (SSSR count). The molecular weight excluding hydrogens is 215 g/mol. The minimum absolute atomic E-state index is 0.477. The van der Waals surface area contributed by atoms with Crippen LogP contribution in [0.25, 0.3) is 0 Å². The fourth-order valence-electron chi connectivity index (χ4n) is 0.957. The number of hydrogen-bond donors (Lipinski definition) is 2. The number of aliphatic carboxylic acids is 1. The van der Waals surface area contributed by atoms with Crippen LogP contribution in [0.15, 0.2) is 6.07 Å². The van der Waals surface area contributed by atoms with Crippen LogP contribution in [0, 0.1) is 5.95 Å². The Morgan fingerprint density at radius 1 is 1.53 bits per heavy atom. The van der Waals surface area contributed by atoms with Crippen LogP contribution in [0.1, 0.15) is 17.7 Å². The van der Waals surface area contributed by atoms with E-state index in [1.165, 1.54) is 0 Å². The second-order valence-corrected chi connectivity index (χ2v) is 2.71. The third kappa shape index (κ3) is 2.58. The Morgan fingerprint density at radius 3 is 2.60 bits per heavy atom. The van der Waals surface area contributed by atoms with Gasteiger partial charge in [0.2, 0.25) is 5.95 Å². The van der Waals surface area contributed by atoms with Crippen molar-refractivity contribution in [1.29, 1.82) is 0 Å². The third-order valence-corrected chi connectivity index (χ3v) is 1.61. The van der Waals surface area contributed by atoms with Crippen molar-refractivity contribution in [3.63, 3.8) is 0 Å². The van der Waals surface area contributed by atoms with Crippen molar-refractivity contribution in [2.75, 3.05) is 0 Å². The summed E-state index contributed by atoms with van der Waals surface area (Å²) in [5.41, 5.74) is -1.54. The zero-order valence-corrected chi connectivity index (χ0v) is 7.25. The minimum Gasteiger partial charge on any atom is -0.506 e. The zero-order chi connectivity index (χ0) is 11.6. The number of hydrogen-bond acceptors (Lipinski definition) is 3. The van der Waals surface area contributed by atoms with Gasteiger partial charge in [-0.25, -0.2) is 13.8 Å². The summed E-state index contributed by atoms with van der Waals surface area (Å²) in [5.74, 6) is -3.57. The lowest BCUT2D eigenvalue weighted by atomic mass is 10.2. The molecule has 0 aromatic carbocycles. The molecule has 0 bridgehead atoms. The molecule has 0 radical (unpaired) electrons. The van der Waals surface area contributed by atoms with Gasteiger partial charge in [-0.15, -0.1) is 0 Å². The molecule has 0 saturated carbocycles. The number of pyridine rings is 1. The molecule has 0 fully saturated rings. The fourth-order valence-corrected chi connectivity index (χ4v) is 0.957. The molecule has 1 aromatic rings. The number of aromatic nitrogens is 1. The van der Waals surface area contributed by atoms with Gasteiger partial charge in [0.1, 0.15) is 5.75 Å². The first-order chi connectivity index (χ1) is 6.91. The van der Waals surface area contributed by atoms with Crippen molar-refractivity contribution in [1.82, 2.24) is 4.98 Å². The number of carboxylic acids is 1. The van der Waals surface area contributed by atoms with Gasteiger partial charge in [-0.2, -0.15) is 4.39 Å². The predicted octanol–water partition coefficient (Wildman–Crippen LogP) is 1.49. The highest BCUT2D eigenvalue weighted by Crippen LogP contribution is 2.26. The monoisotopic (exact) mass is 221 g/mol. The van der Waals surface area contributed by atoms with E-state index in [0.717, 1.165) is 0 Å². The molecular formula is C8H6F3NO3. The van der Waals surface area contributed by atoms with Gasteiger partial charge in [-0.05, 0) is 6.07 Å². The van der Waals surface area contributed by atoms with Crippen LogP contribution in [0.4, 0.5) is 13.2 Å². The molecule has 0 saturated heterocycles. The number of aromatic hydroxyl groups is 1. The van der Waals surface area contributed by atoms with E-state index in [9.17, 15) is 18.0 Å². The van der Waals surface area contributed by atoms with Crippen LogP contribution in [0.3, 0.4) is 0 Å². The standard InChI is InChI=1S/C8H6F3NO3/c9-7(10)3-1-5(13)4(2-6(14)15)12-8(3)11/h1,7,13H,2H2,(H,14,15). The Bertz CT molecular complexity index is 395. The van der Waals surface area contributed by atoms with Crippen molar-refractivity contribution < 1.29 is 28.2 Å². The Hall–Kier alpha value is -1.79. The van der Waals surface area contributed by atoms with Crippen LogP contribution < -0.4 is 0 Å². The molecule has 0 aliphatic heterocycles. The molecule has 4 nitrogen and oxygen atoms in total. The van der Waals surface area contributed by atoms with Gasteiger partial charge in [-0.3, -0.25) is 4.79 Å². The van der Waals surface area contributed by atoms with Crippen molar-refractivity contribution in [3.05, 3.63) is 23.3 Å². The molecule has 0 amide bonds. The van der Waals surface area contributed by atoms with Crippen molar-refractivity contribution in [3.8, 4) is 5.75 Å². The lowest BCUT2D eigenvalue weighted by Crippen LogP contribution is -2.06. The van der Waals surface area contributed by atoms with Crippen LogP contribution in [-0.4, -0.2) is 21.2 Å². The third-order valence-electron chi connectivity index (χ3n) is 1.61. The number of alkyl halides is 2. The van der Waals surface area contributed by atoms with Crippen LogP contribution in [-0.2, 0) is 11.2 Å². The summed E-state index contributed by atoms with van der Waals surface area (Å²) in [6.45, 7) is 0. The van der Waals surface area contributed by atoms with Gasteiger partial charge < -0.3 is 10.2 Å². The van der Waals surface area contributed by atoms with Crippen LogP contribution >= 0.6 is 0 Å². The largest absolute Gasteiger partial charge is 0.506 e. The van der Waals surface area contributed by atoms with Gasteiger partial charge in [0.05, 0.1) is 17.7 Å². The number of carboxylic acid groups (broad SMARTS) is 1. The topological polar surface area (TPSA) is 70.4 Å². The molecule has 0 unspecified atom stereocenters. The Kier molecular flexibility index (Phi) is 3.13. The zero-order valence-electron chi connectivity index (χ0n) is 7.25. The van der Waals surface area contributed by atoms with Crippen LogP contribution in [0.2, 0.25) is 0 Å². The minimum atomic E-state index is -3.11. The van der Waals surface area contributed by atoms with Crippen LogP contribution in [0.5, 0.6) is 5.75 Å². The molecule has 15 heavy (non-hydrogen) atoms. The molecule has 2 N–H and O–H groups in total. The second-order valence-electron chi connectivity index (χ2n) is 2.71. The van der Waals surface area contributed by atoms with E-state index >= 15 is 0 Å².